The average molecular weight is 609 g/mol. The van der Waals surface area contributed by atoms with Crippen LogP contribution in [0.2, 0.25) is 0 Å². The van der Waals surface area contributed by atoms with Crippen LogP contribution >= 0.6 is 45.2 Å². The number of carbonyl (C=O) groups is 2. The fourth-order valence-electron chi connectivity index (χ4n) is 2.16. The Balaban J connectivity index is 2.19. The van der Waals surface area contributed by atoms with Crippen molar-refractivity contribution in [2.24, 2.45) is 10.8 Å². The van der Waals surface area contributed by atoms with Gasteiger partial charge in [0.2, 0.25) is 0 Å². The number of hydrogen-bond acceptors (Lipinski definition) is 6. The smallest absolute Gasteiger partial charge is 0.275 e. The van der Waals surface area contributed by atoms with Gasteiger partial charge in [0, 0.05) is 9.13 Å². The molecule has 4 N–H and O–H groups in total. The zero-order valence-electron chi connectivity index (χ0n) is 15.0. The molecule has 0 aliphatic carbocycles. The number of nitrogens with one attached hydrogen (secondary N) is 1. The Morgan fingerprint density at radius 3 is 2.57 bits per heavy atom. The number of phenols is 1. The number of carbonyl (C=O) groups excluding carboxylic acids is 2. The summed E-state index contributed by atoms with van der Waals surface area (Å²) in [5, 5.41) is 14.2. The zero-order valence-corrected chi connectivity index (χ0v) is 19.3. The lowest BCUT2D eigenvalue weighted by atomic mass is 10.1. The third-order valence-corrected chi connectivity index (χ3v) is 4.99. The summed E-state index contributed by atoms with van der Waals surface area (Å²) in [6, 6.07) is 8.32. The number of methoxy groups -OCH3 is 1. The molecule has 2 aromatic rings. The maximum Gasteiger partial charge on any atom is 0.275 e. The second kappa shape index (κ2) is 9.91. The van der Waals surface area contributed by atoms with Crippen molar-refractivity contribution in [3.05, 3.63) is 48.6 Å². The molecule has 8 nitrogen and oxygen atoms in total. The molecule has 0 spiro atoms. The summed E-state index contributed by atoms with van der Waals surface area (Å²) in [6.07, 6.45) is 0. The summed E-state index contributed by atoms with van der Waals surface area (Å²) >= 11 is 4.02. The van der Waals surface area contributed by atoms with Crippen molar-refractivity contribution in [1.82, 2.24) is 5.43 Å². The topological polar surface area (TPSA) is 123 Å². The molecule has 2 aromatic carbocycles. The predicted octanol–water partition coefficient (Wildman–Crippen LogP) is 2.63. The number of nitrogens with two attached hydrogens (primary N) is 1. The Hall–Kier alpha value is -2.09. The summed E-state index contributed by atoms with van der Waals surface area (Å²) in [5.41, 5.74) is 8.82. The molecule has 2 amide bonds. The van der Waals surface area contributed by atoms with Crippen LogP contribution in [0.3, 0.4) is 0 Å². The van der Waals surface area contributed by atoms with Gasteiger partial charge in [0.25, 0.3) is 11.8 Å². The normalized spacial score (nSPS) is 11.1. The van der Waals surface area contributed by atoms with Crippen molar-refractivity contribution in [3.63, 3.8) is 0 Å². The minimum absolute atomic E-state index is 0.0935. The van der Waals surface area contributed by atoms with Gasteiger partial charge in [-0.1, -0.05) is 0 Å². The number of ether oxygens (including phenoxy) is 2. The minimum Gasteiger partial charge on any atom is -0.506 e. The molecule has 0 saturated heterocycles. The van der Waals surface area contributed by atoms with E-state index in [1.54, 1.807) is 37.3 Å². The van der Waals surface area contributed by atoms with E-state index in [0.717, 1.165) is 3.57 Å². The maximum atomic E-state index is 12.4. The molecule has 10 heteroatoms. The Kier molecular flexibility index (Phi) is 7.86. The second-order valence-electron chi connectivity index (χ2n) is 5.54. The number of halogens is 2. The van der Waals surface area contributed by atoms with Crippen LogP contribution in [-0.4, -0.2) is 36.3 Å². The first kappa shape index (κ1) is 22.2. The van der Waals surface area contributed by atoms with Gasteiger partial charge in [-0.15, -0.1) is 0 Å². The van der Waals surface area contributed by atoms with E-state index < -0.39 is 11.8 Å². The molecular formula is C18H17I2N3O5. The Bertz CT molecular complexity index is 947. The first-order chi connectivity index (χ1) is 13.2. The first-order valence-corrected chi connectivity index (χ1v) is 10.0. The van der Waals surface area contributed by atoms with Gasteiger partial charge in [0.1, 0.15) is 5.75 Å². The summed E-state index contributed by atoms with van der Waals surface area (Å²) < 4.78 is 11.9. The number of rotatable bonds is 7. The highest BCUT2D eigenvalue weighted by molar-refractivity contribution is 14.1. The first-order valence-electron chi connectivity index (χ1n) is 7.85. The second-order valence-corrected chi connectivity index (χ2v) is 7.95. The number of aromatic hydroxyl groups is 1. The van der Waals surface area contributed by atoms with Crippen LogP contribution in [0.1, 0.15) is 22.8 Å². The summed E-state index contributed by atoms with van der Waals surface area (Å²) in [7, 11) is 1.46. The van der Waals surface area contributed by atoms with E-state index in [2.05, 4.69) is 33.1 Å². The highest BCUT2D eigenvalue weighted by Gasteiger charge is 2.15. The van der Waals surface area contributed by atoms with Gasteiger partial charge in [-0.05, 0) is 82.4 Å². The minimum atomic E-state index is -0.597. The standard InChI is InChI=1S/C18H17I2N3O5/c1-9(10-3-4-14(15(5-10)27-2)28-8-16(21)24)22-23-18(26)12-6-11(19)7-13(20)17(12)25/h3-7,25H,8H2,1-2H3,(H2,21,24)(H,23,26)/b22-9+. The molecule has 0 saturated carbocycles. The van der Waals surface area contributed by atoms with Crippen molar-refractivity contribution in [2.75, 3.05) is 13.7 Å². The van der Waals surface area contributed by atoms with Crippen LogP contribution < -0.4 is 20.6 Å². The van der Waals surface area contributed by atoms with Crippen LogP contribution in [0.15, 0.2) is 35.4 Å². The van der Waals surface area contributed by atoms with Gasteiger partial charge in [0.05, 0.1) is 22.0 Å². The molecule has 0 atom stereocenters. The van der Waals surface area contributed by atoms with Crippen molar-refractivity contribution >= 4 is 62.7 Å². The van der Waals surface area contributed by atoms with Gasteiger partial charge in [0.15, 0.2) is 18.1 Å². The number of amides is 2. The SMILES string of the molecule is COc1cc(/C(C)=N/NC(=O)c2cc(I)cc(I)c2O)ccc1OCC(N)=O. The summed E-state index contributed by atoms with van der Waals surface area (Å²) in [6.45, 7) is 1.44. The maximum absolute atomic E-state index is 12.4. The van der Waals surface area contributed by atoms with E-state index in [1.807, 2.05) is 22.6 Å². The number of phenolic OH excluding ortho intramolecular Hbond substituents is 1. The van der Waals surface area contributed by atoms with Crippen molar-refractivity contribution in [3.8, 4) is 17.2 Å². The molecular weight excluding hydrogens is 592 g/mol. The van der Waals surface area contributed by atoms with E-state index in [1.165, 1.54) is 7.11 Å². The molecule has 0 heterocycles. The lowest BCUT2D eigenvalue weighted by molar-refractivity contribution is -0.119. The van der Waals surface area contributed by atoms with Crippen LogP contribution in [0.25, 0.3) is 0 Å². The Morgan fingerprint density at radius 2 is 1.93 bits per heavy atom. The van der Waals surface area contributed by atoms with Crippen LogP contribution in [-0.2, 0) is 4.79 Å². The molecule has 0 radical (unpaired) electrons. The Labute approximate surface area is 188 Å². The Morgan fingerprint density at radius 1 is 1.21 bits per heavy atom. The largest absolute Gasteiger partial charge is 0.506 e. The lowest BCUT2D eigenvalue weighted by Crippen LogP contribution is -2.20. The lowest BCUT2D eigenvalue weighted by Gasteiger charge is -2.11. The average Bonchev–Trinajstić information content (AvgIpc) is 2.66. The molecule has 0 aromatic heterocycles. The molecule has 0 unspecified atom stereocenters. The van der Waals surface area contributed by atoms with Crippen molar-refractivity contribution in [2.45, 2.75) is 6.92 Å². The molecule has 2 rings (SSSR count). The zero-order chi connectivity index (χ0) is 20.8. The van der Waals surface area contributed by atoms with Crippen LogP contribution in [0.5, 0.6) is 17.2 Å². The number of hydrazone groups is 1. The van der Waals surface area contributed by atoms with Gasteiger partial charge in [-0.2, -0.15) is 5.10 Å². The van der Waals surface area contributed by atoms with E-state index >= 15 is 0 Å². The van der Waals surface area contributed by atoms with Gasteiger partial charge >= 0.3 is 0 Å². The number of hydrogen-bond donors (Lipinski definition) is 3. The van der Waals surface area contributed by atoms with E-state index in [9.17, 15) is 14.7 Å². The highest BCUT2D eigenvalue weighted by atomic mass is 127. The van der Waals surface area contributed by atoms with Gasteiger partial charge in [-0.25, -0.2) is 5.43 Å². The third kappa shape index (κ3) is 5.70. The van der Waals surface area contributed by atoms with Crippen LogP contribution in [0, 0.1) is 7.14 Å². The number of benzene rings is 2. The molecule has 0 bridgehead atoms. The fraction of sp³-hybridized carbons (Fsp3) is 0.167. The fourth-order valence-corrected chi connectivity index (χ4v) is 4.00. The number of nitrogens with zero attached hydrogens (tertiary/aromatic N) is 1. The van der Waals surface area contributed by atoms with E-state index in [-0.39, 0.29) is 17.9 Å². The van der Waals surface area contributed by atoms with Crippen molar-refractivity contribution in [1.29, 1.82) is 0 Å². The molecule has 0 aliphatic heterocycles. The third-order valence-electron chi connectivity index (χ3n) is 3.55. The van der Waals surface area contributed by atoms with E-state index in [0.29, 0.717) is 26.3 Å². The predicted molar refractivity (Wildman–Crippen MR) is 121 cm³/mol. The van der Waals surface area contributed by atoms with Gasteiger partial charge in [-0.3, -0.25) is 9.59 Å². The molecule has 0 aliphatic rings. The summed E-state index contributed by atoms with van der Waals surface area (Å²) in [5.74, 6) is -0.463. The molecule has 28 heavy (non-hydrogen) atoms. The summed E-state index contributed by atoms with van der Waals surface area (Å²) in [4.78, 5) is 23.2. The number of primary amides is 1. The molecule has 148 valence electrons. The molecule has 0 fully saturated rings. The highest BCUT2D eigenvalue weighted by Crippen LogP contribution is 2.29. The van der Waals surface area contributed by atoms with Gasteiger partial charge < -0.3 is 20.3 Å². The monoisotopic (exact) mass is 609 g/mol. The van der Waals surface area contributed by atoms with Crippen molar-refractivity contribution < 1.29 is 24.2 Å². The van der Waals surface area contributed by atoms with E-state index in [4.69, 9.17) is 15.2 Å². The quantitative estimate of drug-likeness (QED) is 0.253. The van der Waals surface area contributed by atoms with Crippen LogP contribution in [0.4, 0.5) is 0 Å².